The van der Waals surface area contributed by atoms with Gasteiger partial charge in [-0.25, -0.2) is 27.5 Å². The first-order valence-corrected chi connectivity index (χ1v) is 13.0. The standard InChI is InChI=1S/C28H27F4N5O/c29-18-1-6-23(30)22(13-18)21-9-12-33-24(16-7-10-28(31,32)11-8-16)25(21)36-26(38)17-14-34-27(35-15-17)37-19-2-3-20(37)5-4-19/h1,6,9,12-16,19-20H,2-5,7-8,10-11H2,(H,36,38). The van der Waals surface area contributed by atoms with E-state index in [0.717, 1.165) is 43.9 Å². The fourth-order valence-corrected chi connectivity index (χ4v) is 6.16. The van der Waals surface area contributed by atoms with Crippen molar-refractivity contribution in [3.05, 3.63) is 65.7 Å². The number of hydrogen-bond donors (Lipinski definition) is 1. The second-order valence-electron chi connectivity index (χ2n) is 10.5. The van der Waals surface area contributed by atoms with Gasteiger partial charge in [0.25, 0.3) is 5.91 Å². The van der Waals surface area contributed by atoms with Gasteiger partial charge >= 0.3 is 0 Å². The zero-order chi connectivity index (χ0) is 26.4. The lowest BCUT2D eigenvalue weighted by atomic mass is 9.83. The van der Waals surface area contributed by atoms with Crippen LogP contribution in [0.2, 0.25) is 0 Å². The van der Waals surface area contributed by atoms with Crippen molar-refractivity contribution >= 4 is 17.5 Å². The van der Waals surface area contributed by atoms with Gasteiger partial charge in [0.2, 0.25) is 11.9 Å². The van der Waals surface area contributed by atoms with Crippen LogP contribution in [0.3, 0.4) is 0 Å². The van der Waals surface area contributed by atoms with Gasteiger partial charge in [0, 0.05) is 60.6 Å². The van der Waals surface area contributed by atoms with E-state index in [9.17, 15) is 22.4 Å². The number of hydrogen-bond acceptors (Lipinski definition) is 5. The Hall–Kier alpha value is -3.56. The molecule has 1 aliphatic carbocycles. The molecule has 3 fully saturated rings. The molecule has 10 heteroatoms. The van der Waals surface area contributed by atoms with Crippen molar-refractivity contribution in [3.8, 4) is 11.1 Å². The van der Waals surface area contributed by atoms with Crippen molar-refractivity contribution < 1.29 is 22.4 Å². The summed E-state index contributed by atoms with van der Waals surface area (Å²) in [5, 5.41) is 2.81. The van der Waals surface area contributed by atoms with Crippen molar-refractivity contribution in [2.75, 3.05) is 10.2 Å². The van der Waals surface area contributed by atoms with E-state index in [1.807, 2.05) is 0 Å². The minimum absolute atomic E-state index is 0.0544. The molecular weight excluding hydrogens is 498 g/mol. The molecule has 6 nitrogen and oxygen atoms in total. The molecule has 2 aromatic heterocycles. The fraction of sp³-hybridized carbons (Fsp3) is 0.429. The second-order valence-corrected chi connectivity index (χ2v) is 10.5. The summed E-state index contributed by atoms with van der Waals surface area (Å²) < 4.78 is 56.6. The SMILES string of the molecule is O=C(Nc1c(-c2cc(F)ccc2F)ccnc1C1CCC(F)(F)CC1)c1cnc(N2C3CCC2CC3)nc1. The molecule has 1 saturated carbocycles. The molecule has 3 aliphatic rings. The number of nitrogens with zero attached hydrogens (tertiary/aromatic N) is 4. The maximum atomic E-state index is 14.8. The number of halogens is 4. The van der Waals surface area contributed by atoms with Crippen LogP contribution in [0.5, 0.6) is 0 Å². The normalized spacial score (nSPS) is 22.6. The molecule has 4 heterocycles. The van der Waals surface area contributed by atoms with Crippen LogP contribution < -0.4 is 10.2 Å². The van der Waals surface area contributed by atoms with Gasteiger partial charge in [0.1, 0.15) is 11.6 Å². The van der Waals surface area contributed by atoms with E-state index in [0.29, 0.717) is 23.7 Å². The minimum Gasteiger partial charge on any atom is -0.335 e. The van der Waals surface area contributed by atoms with E-state index in [2.05, 4.69) is 25.2 Å². The summed E-state index contributed by atoms with van der Waals surface area (Å²) in [6, 6.07) is 5.41. The lowest BCUT2D eigenvalue weighted by molar-refractivity contribution is -0.0384. The summed E-state index contributed by atoms with van der Waals surface area (Å²) in [6.07, 6.45) is 8.52. The lowest BCUT2D eigenvalue weighted by Crippen LogP contribution is -2.30. The zero-order valence-corrected chi connectivity index (χ0v) is 20.6. The summed E-state index contributed by atoms with van der Waals surface area (Å²) in [4.78, 5) is 28.9. The van der Waals surface area contributed by atoms with E-state index in [1.165, 1.54) is 24.7 Å². The van der Waals surface area contributed by atoms with Crippen LogP contribution in [0, 0.1) is 11.6 Å². The Bertz CT molecular complexity index is 1340. The number of nitrogens with one attached hydrogen (secondary N) is 1. The fourth-order valence-electron chi connectivity index (χ4n) is 6.16. The maximum Gasteiger partial charge on any atom is 0.258 e. The highest BCUT2D eigenvalue weighted by molar-refractivity contribution is 6.06. The van der Waals surface area contributed by atoms with Gasteiger partial charge in [-0.15, -0.1) is 0 Å². The Morgan fingerprint density at radius 3 is 2.21 bits per heavy atom. The Morgan fingerprint density at radius 1 is 0.895 bits per heavy atom. The Kier molecular flexibility index (Phi) is 6.28. The molecule has 198 valence electrons. The van der Waals surface area contributed by atoms with Crippen LogP contribution in [-0.4, -0.2) is 38.9 Å². The molecule has 2 aliphatic heterocycles. The third kappa shape index (κ3) is 4.61. The van der Waals surface area contributed by atoms with Gasteiger partial charge in [-0.3, -0.25) is 9.78 Å². The first kappa shape index (κ1) is 24.8. The smallest absolute Gasteiger partial charge is 0.258 e. The summed E-state index contributed by atoms with van der Waals surface area (Å²) in [5.41, 5.74) is 0.918. The first-order chi connectivity index (χ1) is 18.3. The van der Waals surface area contributed by atoms with E-state index in [4.69, 9.17) is 0 Å². The summed E-state index contributed by atoms with van der Waals surface area (Å²) in [7, 11) is 0. The summed E-state index contributed by atoms with van der Waals surface area (Å²) in [5.74, 6) is -4.39. The van der Waals surface area contributed by atoms with Gasteiger partial charge < -0.3 is 10.2 Å². The Labute approximate surface area is 217 Å². The largest absolute Gasteiger partial charge is 0.335 e. The Balaban J connectivity index is 1.33. The van der Waals surface area contributed by atoms with Crippen molar-refractivity contribution in [2.24, 2.45) is 0 Å². The van der Waals surface area contributed by atoms with Crippen LogP contribution in [0.25, 0.3) is 11.1 Å². The predicted molar refractivity (Wildman–Crippen MR) is 134 cm³/mol. The third-order valence-electron chi connectivity index (χ3n) is 8.13. The number of carbonyl (C=O) groups is 1. The highest BCUT2D eigenvalue weighted by Gasteiger charge is 2.41. The molecule has 0 atom stereocenters. The van der Waals surface area contributed by atoms with Crippen LogP contribution in [0.4, 0.5) is 29.2 Å². The van der Waals surface area contributed by atoms with Crippen molar-refractivity contribution in [1.82, 2.24) is 15.0 Å². The summed E-state index contributed by atoms with van der Waals surface area (Å²) in [6.45, 7) is 0. The van der Waals surface area contributed by atoms with E-state index in [-0.39, 0.29) is 54.0 Å². The van der Waals surface area contributed by atoms with Crippen molar-refractivity contribution in [2.45, 2.75) is 75.3 Å². The average molecular weight is 526 g/mol. The van der Waals surface area contributed by atoms with Gasteiger partial charge in [-0.1, -0.05) is 0 Å². The molecule has 1 amide bonds. The molecule has 1 aromatic carbocycles. The molecule has 1 N–H and O–H groups in total. The topological polar surface area (TPSA) is 71.0 Å². The zero-order valence-electron chi connectivity index (χ0n) is 20.6. The number of alkyl halides is 2. The lowest BCUT2D eigenvalue weighted by Gasteiger charge is -2.29. The number of rotatable bonds is 5. The van der Waals surface area contributed by atoms with Gasteiger partial charge in [0.05, 0.1) is 16.9 Å². The number of amides is 1. The quantitative estimate of drug-likeness (QED) is 0.386. The molecular formula is C28H27F4N5O. The number of anilines is 2. The number of pyridine rings is 1. The van der Waals surface area contributed by atoms with Crippen LogP contribution in [-0.2, 0) is 0 Å². The average Bonchev–Trinajstić information content (AvgIpc) is 3.51. The van der Waals surface area contributed by atoms with Crippen LogP contribution >= 0.6 is 0 Å². The van der Waals surface area contributed by atoms with E-state index in [1.54, 1.807) is 0 Å². The van der Waals surface area contributed by atoms with E-state index >= 15 is 0 Å². The van der Waals surface area contributed by atoms with Crippen LogP contribution in [0.15, 0.2) is 42.9 Å². The Morgan fingerprint density at radius 2 is 1.55 bits per heavy atom. The molecule has 2 bridgehead atoms. The molecule has 3 aromatic rings. The molecule has 0 spiro atoms. The third-order valence-corrected chi connectivity index (χ3v) is 8.13. The van der Waals surface area contributed by atoms with Gasteiger partial charge in [-0.05, 0) is 62.8 Å². The molecule has 6 rings (SSSR count). The molecule has 2 saturated heterocycles. The first-order valence-electron chi connectivity index (χ1n) is 13.0. The minimum atomic E-state index is -2.75. The number of benzene rings is 1. The number of aromatic nitrogens is 3. The van der Waals surface area contributed by atoms with Crippen LogP contribution in [0.1, 0.15) is 73.3 Å². The van der Waals surface area contributed by atoms with Crippen molar-refractivity contribution in [1.29, 1.82) is 0 Å². The van der Waals surface area contributed by atoms with E-state index < -0.39 is 23.5 Å². The second kappa shape index (κ2) is 9.63. The monoisotopic (exact) mass is 525 g/mol. The number of fused-ring (bicyclic) bond motifs is 2. The molecule has 38 heavy (non-hydrogen) atoms. The highest BCUT2D eigenvalue weighted by atomic mass is 19.3. The highest BCUT2D eigenvalue weighted by Crippen LogP contribution is 2.45. The predicted octanol–water partition coefficient (Wildman–Crippen LogP) is 6.49. The molecule has 0 unspecified atom stereocenters. The van der Waals surface area contributed by atoms with Crippen molar-refractivity contribution in [3.63, 3.8) is 0 Å². The van der Waals surface area contributed by atoms with Gasteiger partial charge in [0.15, 0.2) is 0 Å². The maximum absolute atomic E-state index is 14.8. The summed E-state index contributed by atoms with van der Waals surface area (Å²) >= 11 is 0. The van der Waals surface area contributed by atoms with Gasteiger partial charge in [-0.2, -0.15) is 0 Å². The number of carbonyl (C=O) groups excluding carboxylic acids is 1. The molecule has 0 radical (unpaired) electrons.